The second kappa shape index (κ2) is 10.3. The van der Waals surface area contributed by atoms with Crippen LogP contribution >= 0.6 is 0 Å². The van der Waals surface area contributed by atoms with Crippen LogP contribution in [0.15, 0.2) is 4.99 Å². The predicted octanol–water partition coefficient (Wildman–Crippen LogP) is 2.03. The second-order valence-corrected chi connectivity index (χ2v) is 8.82. The summed E-state index contributed by atoms with van der Waals surface area (Å²) in [4.78, 5) is 4.67. The molecule has 1 fully saturated rings. The van der Waals surface area contributed by atoms with Gasteiger partial charge in [-0.1, -0.05) is 27.2 Å². The Labute approximate surface area is 144 Å². The predicted molar refractivity (Wildman–Crippen MR) is 99.3 cm³/mol. The molecule has 1 aliphatic rings. The van der Waals surface area contributed by atoms with Crippen molar-refractivity contribution >= 4 is 16.8 Å². The minimum absolute atomic E-state index is 0.146. The molecule has 1 saturated carbocycles. The Morgan fingerprint density at radius 1 is 1.35 bits per heavy atom. The first-order chi connectivity index (χ1) is 11.0. The summed E-state index contributed by atoms with van der Waals surface area (Å²) in [6, 6.07) is 0.337. The number of aliphatic hydroxyl groups excluding tert-OH is 1. The van der Waals surface area contributed by atoms with Crippen LogP contribution < -0.4 is 10.6 Å². The first-order valence-electron chi connectivity index (χ1n) is 9.00. The molecule has 23 heavy (non-hydrogen) atoms. The molecule has 136 valence electrons. The molecule has 6 heteroatoms. The zero-order valence-electron chi connectivity index (χ0n) is 15.2. The number of nitrogens with one attached hydrogen (secondary N) is 2. The van der Waals surface area contributed by atoms with Gasteiger partial charge in [-0.2, -0.15) is 0 Å². The lowest BCUT2D eigenvalue weighted by atomic mass is 9.89. The normalized spacial score (nSPS) is 26.4. The molecule has 0 radical (unpaired) electrons. The first kappa shape index (κ1) is 20.4. The Bertz CT molecular complexity index is 397. The summed E-state index contributed by atoms with van der Waals surface area (Å²) in [5.41, 5.74) is -0.166. The Morgan fingerprint density at radius 2 is 2.09 bits per heavy atom. The molecule has 0 heterocycles. The third kappa shape index (κ3) is 6.79. The summed E-state index contributed by atoms with van der Waals surface area (Å²) in [5.74, 6) is 1.56. The highest BCUT2D eigenvalue weighted by Crippen LogP contribution is 2.23. The van der Waals surface area contributed by atoms with E-state index in [1.54, 1.807) is 0 Å². The second-order valence-electron chi connectivity index (χ2n) is 6.82. The molecule has 0 spiro atoms. The SMILES string of the molecule is CCNC(=NCC(C)(CC)CO)NC1CCCC(S(=O)CC)C1. The number of aliphatic imine (C=N–C) groups is 1. The minimum atomic E-state index is -0.707. The van der Waals surface area contributed by atoms with Crippen molar-refractivity contribution in [3.8, 4) is 0 Å². The summed E-state index contributed by atoms with van der Waals surface area (Å²) in [6.45, 7) is 9.75. The van der Waals surface area contributed by atoms with Crippen LogP contribution in [-0.4, -0.2) is 52.0 Å². The Balaban J connectivity index is 2.66. The van der Waals surface area contributed by atoms with Crippen LogP contribution in [0, 0.1) is 5.41 Å². The molecule has 0 aliphatic heterocycles. The highest BCUT2D eigenvalue weighted by molar-refractivity contribution is 7.85. The number of guanidine groups is 1. The van der Waals surface area contributed by atoms with Gasteiger partial charge in [-0.05, 0) is 32.6 Å². The van der Waals surface area contributed by atoms with Gasteiger partial charge < -0.3 is 15.7 Å². The lowest BCUT2D eigenvalue weighted by Gasteiger charge is -2.30. The van der Waals surface area contributed by atoms with Crippen LogP contribution in [0.5, 0.6) is 0 Å². The smallest absolute Gasteiger partial charge is 0.191 e. The van der Waals surface area contributed by atoms with Crippen molar-refractivity contribution in [1.82, 2.24) is 10.6 Å². The molecule has 0 aromatic carbocycles. The summed E-state index contributed by atoms with van der Waals surface area (Å²) in [6.07, 6.45) is 5.15. The van der Waals surface area contributed by atoms with Gasteiger partial charge in [-0.25, -0.2) is 0 Å². The molecule has 4 unspecified atom stereocenters. The van der Waals surface area contributed by atoms with Gasteiger partial charge in [0, 0.05) is 39.8 Å². The lowest BCUT2D eigenvalue weighted by Crippen LogP contribution is -2.47. The first-order valence-corrected chi connectivity index (χ1v) is 10.4. The van der Waals surface area contributed by atoms with Crippen LogP contribution in [0.3, 0.4) is 0 Å². The molecule has 0 aromatic heterocycles. The van der Waals surface area contributed by atoms with Crippen LogP contribution in [0.2, 0.25) is 0 Å². The Kier molecular flexibility index (Phi) is 9.14. The molecule has 0 bridgehead atoms. The minimum Gasteiger partial charge on any atom is -0.396 e. The van der Waals surface area contributed by atoms with Gasteiger partial charge in [0.2, 0.25) is 0 Å². The third-order valence-corrected chi connectivity index (χ3v) is 6.56. The van der Waals surface area contributed by atoms with Crippen LogP contribution in [-0.2, 0) is 10.8 Å². The number of aliphatic hydroxyl groups is 1. The van der Waals surface area contributed by atoms with E-state index in [1.165, 1.54) is 0 Å². The van der Waals surface area contributed by atoms with E-state index in [2.05, 4.69) is 36.4 Å². The molecule has 1 aliphatic carbocycles. The number of hydrogen-bond donors (Lipinski definition) is 3. The molecule has 3 N–H and O–H groups in total. The van der Waals surface area contributed by atoms with Crippen LogP contribution in [0.4, 0.5) is 0 Å². The van der Waals surface area contributed by atoms with E-state index in [4.69, 9.17) is 0 Å². The largest absolute Gasteiger partial charge is 0.396 e. The van der Waals surface area contributed by atoms with E-state index in [1.807, 2.05) is 6.92 Å². The zero-order valence-corrected chi connectivity index (χ0v) is 16.0. The van der Waals surface area contributed by atoms with Gasteiger partial charge in [0.05, 0.1) is 13.2 Å². The van der Waals surface area contributed by atoms with E-state index >= 15 is 0 Å². The molecular weight excluding hydrogens is 310 g/mol. The Morgan fingerprint density at radius 3 is 2.65 bits per heavy atom. The van der Waals surface area contributed by atoms with Crippen LogP contribution in [0.25, 0.3) is 0 Å². The van der Waals surface area contributed by atoms with Crippen molar-refractivity contribution in [2.24, 2.45) is 10.4 Å². The average Bonchev–Trinajstić information content (AvgIpc) is 2.59. The van der Waals surface area contributed by atoms with Gasteiger partial charge >= 0.3 is 0 Å². The molecule has 1 rings (SSSR count). The quantitative estimate of drug-likeness (QED) is 0.465. The topological polar surface area (TPSA) is 73.7 Å². The maximum absolute atomic E-state index is 12.1. The monoisotopic (exact) mass is 345 g/mol. The number of rotatable bonds is 8. The van der Waals surface area contributed by atoms with Crippen molar-refractivity contribution in [2.75, 3.05) is 25.4 Å². The van der Waals surface area contributed by atoms with E-state index in [9.17, 15) is 9.32 Å². The van der Waals surface area contributed by atoms with E-state index in [0.717, 1.165) is 50.4 Å². The summed E-state index contributed by atoms with van der Waals surface area (Å²) in [5, 5.41) is 16.6. The van der Waals surface area contributed by atoms with Gasteiger partial charge in [0.15, 0.2) is 5.96 Å². The molecule has 4 atom stereocenters. The third-order valence-electron chi connectivity index (χ3n) is 4.82. The number of hydrogen-bond acceptors (Lipinski definition) is 3. The van der Waals surface area contributed by atoms with Crippen molar-refractivity contribution in [3.63, 3.8) is 0 Å². The standard InChI is InChI=1S/C17H35N3O2S/c1-5-17(4,13-21)12-19-16(18-6-2)20-14-9-8-10-15(11-14)23(22)7-3/h14-15,21H,5-13H2,1-4H3,(H2,18,19,20). The molecule has 5 nitrogen and oxygen atoms in total. The zero-order chi connectivity index (χ0) is 17.3. The fourth-order valence-electron chi connectivity index (χ4n) is 2.81. The van der Waals surface area contributed by atoms with E-state index < -0.39 is 10.8 Å². The van der Waals surface area contributed by atoms with Crippen molar-refractivity contribution in [2.45, 2.75) is 71.1 Å². The van der Waals surface area contributed by atoms with Crippen LogP contribution in [0.1, 0.15) is 59.8 Å². The van der Waals surface area contributed by atoms with E-state index in [-0.39, 0.29) is 12.0 Å². The fraction of sp³-hybridized carbons (Fsp3) is 0.941. The highest BCUT2D eigenvalue weighted by atomic mass is 32.2. The average molecular weight is 346 g/mol. The lowest BCUT2D eigenvalue weighted by molar-refractivity contribution is 0.145. The van der Waals surface area contributed by atoms with Crippen molar-refractivity contribution < 1.29 is 9.32 Å². The van der Waals surface area contributed by atoms with Gasteiger partial charge in [-0.3, -0.25) is 9.20 Å². The van der Waals surface area contributed by atoms with Crippen molar-refractivity contribution in [3.05, 3.63) is 0 Å². The van der Waals surface area contributed by atoms with Gasteiger partial charge in [0.25, 0.3) is 0 Å². The molecule has 0 aromatic rings. The highest BCUT2D eigenvalue weighted by Gasteiger charge is 2.26. The molecular formula is C17H35N3O2S. The maximum atomic E-state index is 12.1. The van der Waals surface area contributed by atoms with Gasteiger partial charge in [0.1, 0.15) is 0 Å². The summed E-state index contributed by atoms with van der Waals surface area (Å²) >= 11 is 0. The van der Waals surface area contributed by atoms with Crippen molar-refractivity contribution in [1.29, 1.82) is 0 Å². The summed E-state index contributed by atoms with van der Waals surface area (Å²) in [7, 11) is -0.707. The van der Waals surface area contributed by atoms with Gasteiger partial charge in [-0.15, -0.1) is 0 Å². The fourth-order valence-corrected chi connectivity index (χ4v) is 4.16. The van der Waals surface area contributed by atoms with E-state index in [0.29, 0.717) is 17.8 Å². The molecule has 0 amide bonds. The maximum Gasteiger partial charge on any atom is 0.191 e. The molecule has 0 saturated heterocycles. The number of nitrogens with zero attached hydrogens (tertiary/aromatic N) is 1. The Hall–Kier alpha value is -0.620. The summed E-state index contributed by atoms with van der Waals surface area (Å²) < 4.78 is 12.1.